The van der Waals surface area contributed by atoms with Crippen LogP contribution in [0.4, 0.5) is 0 Å². The minimum Gasteiger partial charge on any atom is -0.327 e. The Labute approximate surface area is 145 Å². The molecule has 4 aromatic rings. The Bertz CT molecular complexity index is 1140. The maximum absolute atomic E-state index is 5.05. The predicted molar refractivity (Wildman–Crippen MR) is 95.2 cm³/mol. The standard InChI is InChI=1S/C20H17N5/c1-12-3-2-4-17(22-12)18-19(24-11-14-10-16(14)20(24)23-18)13-6-8-25-15(9-13)5-7-21-25/h2-9,14,16H,10-11H2,1H3. The minimum atomic E-state index is 0.649. The first kappa shape index (κ1) is 13.4. The van der Waals surface area contributed by atoms with Gasteiger partial charge < -0.3 is 4.57 Å². The summed E-state index contributed by atoms with van der Waals surface area (Å²) < 4.78 is 4.31. The van der Waals surface area contributed by atoms with Crippen LogP contribution in [-0.2, 0) is 6.54 Å². The zero-order chi connectivity index (χ0) is 16.5. The van der Waals surface area contributed by atoms with Crippen molar-refractivity contribution in [1.82, 2.24) is 24.1 Å². The lowest BCUT2D eigenvalue weighted by molar-refractivity contribution is 0.674. The predicted octanol–water partition coefficient (Wildman–Crippen LogP) is 3.69. The quantitative estimate of drug-likeness (QED) is 0.564. The largest absolute Gasteiger partial charge is 0.327 e. The molecule has 6 rings (SSSR count). The lowest BCUT2D eigenvalue weighted by atomic mass is 10.1. The molecule has 0 aromatic carbocycles. The number of aryl methyl sites for hydroxylation is 1. The van der Waals surface area contributed by atoms with E-state index in [4.69, 9.17) is 9.97 Å². The highest BCUT2D eigenvalue weighted by molar-refractivity contribution is 5.80. The summed E-state index contributed by atoms with van der Waals surface area (Å²) in [5.74, 6) is 2.68. The molecule has 4 aromatic heterocycles. The van der Waals surface area contributed by atoms with Crippen molar-refractivity contribution in [1.29, 1.82) is 0 Å². The van der Waals surface area contributed by atoms with Crippen molar-refractivity contribution in [3.05, 3.63) is 60.3 Å². The molecular formula is C20H17N5. The molecule has 1 aliphatic carbocycles. The van der Waals surface area contributed by atoms with Crippen LogP contribution in [0.2, 0.25) is 0 Å². The number of fused-ring (bicyclic) bond motifs is 4. The van der Waals surface area contributed by atoms with Crippen LogP contribution in [0.15, 0.2) is 48.8 Å². The lowest BCUT2D eigenvalue weighted by Crippen LogP contribution is -2.01. The van der Waals surface area contributed by atoms with Crippen LogP contribution in [-0.4, -0.2) is 24.1 Å². The van der Waals surface area contributed by atoms with Gasteiger partial charge in [-0.05, 0) is 49.6 Å². The lowest BCUT2D eigenvalue weighted by Gasteiger charge is -2.10. The Morgan fingerprint density at radius 3 is 3.00 bits per heavy atom. The number of pyridine rings is 2. The first-order chi connectivity index (χ1) is 12.3. The Hall–Kier alpha value is -2.95. The molecule has 2 aliphatic rings. The van der Waals surface area contributed by atoms with Gasteiger partial charge in [0.2, 0.25) is 0 Å². The average Bonchev–Trinajstić information content (AvgIpc) is 2.98. The zero-order valence-corrected chi connectivity index (χ0v) is 13.9. The fraction of sp³-hybridized carbons (Fsp3) is 0.250. The van der Waals surface area contributed by atoms with Gasteiger partial charge in [-0.1, -0.05) is 6.07 Å². The van der Waals surface area contributed by atoms with Gasteiger partial charge in [0, 0.05) is 36.1 Å². The van der Waals surface area contributed by atoms with E-state index in [0.717, 1.165) is 35.1 Å². The topological polar surface area (TPSA) is 48.0 Å². The molecule has 0 amide bonds. The maximum Gasteiger partial charge on any atom is 0.115 e. The molecule has 0 bridgehead atoms. The van der Waals surface area contributed by atoms with Gasteiger partial charge in [0.25, 0.3) is 0 Å². The van der Waals surface area contributed by atoms with Gasteiger partial charge in [-0.3, -0.25) is 4.98 Å². The molecule has 1 fully saturated rings. The highest BCUT2D eigenvalue weighted by atomic mass is 15.2. The van der Waals surface area contributed by atoms with Crippen LogP contribution in [0.3, 0.4) is 0 Å². The summed E-state index contributed by atoms with van der Waals surface area (Å²) in [6.45, 7) is 3.11. The molecule has 1 aliphatic heterocycles. The fourth-order valence-electron chi connectivity index (χ4n) is 4.15. The molecule has 5 heterocycles. The minimum absolute atomic E-state index is 0.649. The van der Waals surface area contributed by atoms with E-state index in [1.807, 2.05) is 36.0 Å². The summed E-state index contributed by atoms with van der Waals surface area (Å²) >= 11 is 0. The first-order valence-electron chi connectivity index (χ1n) is 8.76. The number of nitrogens with zero attached hydrogens (tertiary/aromatic N) is 5. The second-order valence-corrected chi connectivity index (χ2v) is 7.16. The molecule has 0 radical (unpaired) electrons. The summed E-state index contributed by atoms with van der Waals surface area (Å²) in [4.78, 5) is 9.79. The third kappa shape index (κ3) is 1.86. The number of rotatable bonds is 2. The van der Waals surface area contributed by atoms with Crippen LogP contribution in [0, 0.1) is 12.8 Å². The molecule has 5 heteroatoms. The highest BCUT2D eigenvalue weighted by Crippen LogP contribution is 2.55. The van der Waals surface area contributed by atoms with Crippen LogP contribution >= 0.6 is 0 Å². The van der Waals surface area contributed by atoms with Gasteiger partial charge in [-0.25, -0.2) is 9.50 Å². The van der Waals surface area contributed by atoms with Gasteiger partial charge >= 0.3 is 0 Å². The number of hydrogen-bond donors (Lipinski definition) is 0. The SMILES string of the molecule is Cc1cccc(-c2nc3n(c2-c2ccn4nccc4c2)CC2CC32)n1. The molecule has 0 spiro atoms. The Morgan fingerprint density at radius 1 is 1.12 bits per heavy atom. The van der Waals surface area contributed by atoms with Crippen molar-refractivity contribution in [2.45, 2.75) is 25.8 Å². The molecule has 25 heavy (non-hydrogen) atoms. The molecule has 1 saturated carbocycles. The van der Waals surface area contributed by atoms with Gasteiger partial charge in [-0.2, -0.15) is 5.10 Å². The average molecular weight is 327 g/mol. The van der Waals surface area contributed by atoms with Gasteiger partial charge in [-0.15, -0.1) is 0 Å². The van der Waals surface area contributed by atoms with E-state index in [1.54, 1.807) is 0 Å². The fourth-order valence-corrected chi connectivity index (χ4v) is 4.15. The third-order valence-corrected chi connectivity index (χ3v) is 5.47. The summed E-state index contributed by atoms with van der Waals surface area (Å²) in [5, 5.41) is 4.31. The molecule has 122 valence electrons. The van der Waals surface area contributed by atoms with Crippen molar-refractivity contribution < 1.29 is 0 Å². The maximum atomic E-state index is 5.05. The number of imidazole rings is 1. The van der Waals surface area contributed by atoms with E-state index in [2.05, 4.69) is 33.9 Å². The summed E-state index contributed by atoms with van der Waals surface area (Å²) in [6.07, 6.45) is 5.14. The number of hydrogen-bond acceptors (Lipinski definition) is 3. The van der Waals surface area contributed by atoms with Gasteiger partial charge in [0.05, 0.1) is 16.9 Å². The van der Waals surface area contributed by atoms with Crippen LogP contribution in [0.1, 0.15) is 23.9 Å². The molecule has 5 nitrogen and oxygen atoms in total. The van der Waals surface area contributed by atoms with Gasteiger partial charge in [0.15, 0.2) is 0 Å². The molecule has 0 N–H and O–H groups in total. The van der Waals surface area contributed by atoms with E-state index in [9.17, 15) is 0 Å². The Balaban J connectivity index is 1.62. The van der Waals surface area contributed by atoms with E-state index >= 15 is 0 Å². The Kier molecular flexibility index (Phi) is 2.44. The summed E-state index contributed by atoms with van der Waals surface area (Å²) in [6, 6.07) is 12.5. The van der Waals surface area contributed by atoms with E-state index in [0.29, 0.717) is 5.92 Å². The van der Waals surface area contributed by atoms with Crippen molar-refractivity contribution in [3.8, 4) is 22.6 Å². The normalized spacial score (nSPS) is 20.7. The zero-order valence-electron chi connectivity index (χ0n) is 13.9. The second-order valence-electron chi connectivity index (χ2n) is 7.16. The number of aromatic nitrogens is 5. The van der Waals surface area contributed by atoms with Crippen molar-refractivity contribution in [2.75, 3.05) is 0 Å². The molecule has 2 atom stereocenters. The van der Waals surface area contributed by atoms with Crippen molar-refractivity contribution in [3.63, 3.8) is 0 Å². The van der Waals surface area contributed by atoms with E-state index < -0.39 is 0 Å². The van der Waals surface area contributed by atoms with Crippen LogP contribution in [0.25, 0.3) is 28.2 Å². The van der Waals surface area contributed by atoms with Crippen LogP contribution < -0.4 is 0 Å². The summed E-state index contributed by atoms with van der Waals surface area (Å²) in [5.41, 5.74) is 6.47. The first-order valence-corrected chi connectivity index (χ1v) is 8.76. The second kappa shape index (κ2) is 4.57. The van der Waals surface area contributed by atoms with E-state index in [1.165, 1.54) is 23.5 Å². The Morgan fingerprint density at radius 2 is 2.08 bits per heavy atom. The molecule has 2 unspecified atom stereocenters. The highest BCUT2D eigenvalue weighted by Gasteiger charge is 2.48. The van der Waals surface area contributed by atoms with E-state index in [-0.39, 0.29) is 0 Å². The summed E-state index contributed by atoms with van der Waals surface area (Å²) in [7, 11) is 0. The van der Waals surface area contributed by atoms with Gasteiger partial charge in [0.1, 0.15) is 11.5 Å². The smallest absolute Gasteiger partial charge is 0.115 e. The monoisotopic (exact) mass is 327 g/mol. The van der Waals surface area contributed by atoms with Crippen LogP contribution in [0.5, 0.6) is 0 Å². The van der Waals surface area contributed by atoms with Crippen molar-refractivity contribution in [2.24, 2.45) is 5.92 Å². The molecule has 0 saturated heterocycles. The third-order valence-electron chi connectivity index (χ3n) is 5.47. The van der Waals surface area contributed by atoms with Crippen molar-refractivity contribution >= 4 is 5.52 Å². The molecular weight excluding hydrogens is 310 g/mol.